The van der Waals surface area contributed by atoms with Crippen molar-refractivity contribution in [2.75, 3.05) is 11.9 Å². The molecule has 0 unspecified atom stereocenters. The number of nitrogens with one attached hydrogen (secondary N) is 2. The molecular weight excluding hydrogens is 434 g/mol. The summed E-state index contributed by atoms with van der Waals surface area (Å²) in [6.07, 6.45) is 1.93. The summed E-state index contributed by atoms with van der Waals surface area (Å²) in [5.74, 6) is 0.698. The van der Waals surface area contributed by atoms with E-state index in [4.69, 9.17) is 4.74 Å². The second-order valence-corrected chi connectivity index (χ2v) is 7.36. The first kappa shape index (κ1) is 20.8. The van der Waals surface area contributed by atoms with Crippen molar-refractivity contribution >= 4 is 27.5 Å². The molecule has 6 nitrogen and oxygen atoms in total. The minimum atomic E-state index is -0.256. The summed E-state index contributed by atoms with van der Waals surface area (Å²) in [6, 6.07) is 16.4. The zero-order valence-corrected chi connectivity index (χ0v) is 17.7. The van der Waals surface area contributed by atoms with Crippen LogP contribution >= 0.6 is 15.9 Å². The molecule has 0 radical (unpaired) electrons. The lowest BCUT2D eigenvalue weighted by Gasteiger charge is -2.10. The molecule has 7 heteroatoms. The molecule has 2 N–H and O–H groups in total. The van der Waals surface area contributed by atoms with Gasteiger partial charge in [-0.05, 0) is 64.7 Å². The molecule has 0 aliphatic carbocycles. The van der Waals surface area contributed by atoms with Crippen molar-refractivity contribution in [3.8, 4) is 17.0 Å². The number of anilines is 1. The highest BCUT2D eigenvalue weighted by molar-refractivity contribution is 9.10. The van der Waals surface area contributed by atoms with E-state index >= 15 is 0 Å². The molecule has 150 valence electrons. The predicted molar refractivity (Wildman–Crippen MR) is 117 cm³/mol. The van der Waals surface area contributed by atoms with Gasteiger partial charge in [0.05, 0.1) is 16.8 Å². The molecule has 3 rings (SSSR count). The number of halogens is 1. The molecule has 0 atom stereocenters. The first-order valence-electron chi connectivity index (χ1n) is 9.42. The second-order valence-electron chi connectivity index (χ2n) is 6.51. The number of carbonyl (C=O) groups is 1. The van der Waals surface area contributed by atoms with Crippen molar-refractivity contribution in [2.45, 2.75) is 26.2 Å². The Kier molecular flexibility index (Phi) is 7.19. The van der Waals surface area contributed by atoms with E-state index in [0.29, 0.717) is 30.8 Å². The monoisotopic (exact) mass is 455 g/mol. The number of nitrogens with zero attached hydrogens (tertiary/aromatic N) is 1. The number of aryl methyl sites for hydroxylation is 1. The van der Waals surface area contributed by atoms with Crippen molar-refractivity contribution in [1.29, 1.82) is 0 Å². The molecule has 1 aromatic heterocycles. The van der Waals surface area contributed by atoms with E-state index in [2.05, 4.69) is 38.4 Å². The molecule has 29 heavy (non-hydrogen) atoms. The number of hydrogen-bond acceptors (Lipinski definition) is 4. The molecular formula is C22H22BrN3O3. The maximum atomic E-state index is 12.2. The maximum absolute atomic E-state index is 12.2. The molecule has 0 aliphatic rings. The van der Waals surface area contributed by atoms with E-state index in [1.165, 1.54) is 11.6 Å². The van der Waals surface area contributed by atoms with E-state index in [0.717, 1.165) is 22.2 Å². The number of H-pyrrole nitrogens is 1. The summed E-state index contributed by atoms with van der Waals surface area (Å²) < 4.78 is 6.68. The topological polar surface area (TPSA) is 84.1 Å². The lowest BCUT2D eigenvalue weighted by molar-refractivity contribution is -0.116. The third kappa shape index (κ3) is 6.02. The van der Waals surface area contributed by atoms with Crippen LogP contribution in [0.15, 0.2) is 63.9 Å². The summed E-state index contributed by atoms with van der Waals surface area (Å²) in [4.78, 5) is 23.4. The predicted octanol–water partition coefficient (Wildman–Crippen LogP) is 4.56. The van der Waals surface area contributed by atoms with Crippen LogP contribution in [0.3, 0.4) is 0 Å². The standard InChI is InChI=1S/C22H22BrN3O3/c1-2-15-8-10-20(18(23)13-15)29-12-4-7-21(27)24-17-6-3-5-16(14-17)19-9-11-22(28)26-25-19/h3,5-6,8-11,13-14H,2,4,7,12H2,1H3,(H,24,27)(H,26,28). The summed E-state index contributed by atoms with van der Waals surface area (Å²) in [7, 11) is 0. The average Bonchev–Trinajstić information content (AvgIpc) is 2.72. The molecule has 0 spiro atoms. The van der Waals surface area contributed by atoms with E-state index < -0.39 is 0 Å². The minimum Gasteiger partial charge on any atom is -0.492 e. The fourth-order valence-electron chi connectivity index (χ4n) is 2.78. The maximum Gasteiger partial charge on any atom is 0.264 e. The van der Waals surface area contributed by atoms with E-state index in [9.17, 15) is 9.59 Å². The van der Waals surface area contributed by atoms with Gasteiger partial charge >= 0.3 is 0 Å². The number of aromatic amines is 1. The minimum absolute atomic E-state index is 0.0828. The van der Waals surface area contributed by atoms with Crippen molar-refractivity contribution in [1.82, 2.24) is 10.2 Å². The molecule has 0 bridgehead atoms. The van der Waals surface area contributed by atoms with Gasteiger partial charge in [-0.1, -0.05) is 25.1 Å². The molecule has 1 heterocycles. The third-order valence-electron chi connectivity index (χ3n) is 4.33. The highest BCUT2D eigenvalue weighted by Crippen LogP contribution is 2.26. The van der Waals surface area contributed by atoms with Crippen LogP contribution in [0.1, 0.15) is 25.3 Å². The Morgan fingerprint density at radius 2 is 2.03 bits per heavy atom. The Morgan fingerprint density at radius 1 is 1.17 bits per heavy atom. The third-order valence-corrected chi connectivity index (χ3v) is 4.95. The van der Waals surface area contributed by atoms with Crippen molar-refractivity contribution in [3.63, 3.8) is 0 Å². The highest BCUT2D eigenvalue weighted by Gasteiger charge is 2.07. The van der Waals surface area contributed by atoms with Crippen molar-refractivity contribution < 1.29 is 9.53 Å². The first-order valence-corrected chi connectivity index (χ1v) is 10.2. The summed E-state index contributed by atoms with van der Waals surface area (Å²) in [5, 5.41) is 9.30. The summed E-state index contributed by atoms with van der Waals surface area (Å²) >= 11 is 3.51. The van der Waals surface area contributed by atoms with Gasteiger partial charge in [-0.3, -0.25) is 9.59 Å². The van der Waals surface area contributed by atoms with E-state index in [1.807, 2.05) is 42.5 Å². The molecule has 2 aromatic carbocycles. The quantitative estimate of drug-likeness (QED) is 0.487. The smallest absolute Gasteiger partial charge is 0.264 e. The van der Waals surface area contributed by atoms with Gasteiger partial charge < -0.3 is 10.1 Å². The van der Waals surface area contributed by atoms with Gasteiger partial charge in [0.2, 0.25) is 5.91 Å². The van der Waals surface area contributed by atoms with Crippen LogP contribution in [-0.2, 0) is 11.2 Å². The van der Waals surface area contributed by atoms with Gasteiger partial charge in [0.15, 0.2) is 0 Å². The summed E-state index contributed by atoms with van der Waals surface area (Å²) in [6.45, 7) is 2.56. The van der Waals surface area contributed by atoms with Gasteiger partial charge in [-0.25, -0.2) is 5.10 Å². The van der Waals surface area contributed by atoms with Crippen LogP contribution in [0.4, 0.5) is 5.69 Å². The van der Waals surface area contributed by atoms with Crippen LogP contribution in [0.5, 0.6) is 5.75 Å². The number of ether oxygens (including phenoxy) is 1. The first-order chi connectivity index (χ1) is 14.0. The molecule has 3 aromatic rings. The Hall–Kier alpha value is -2.93. The van der Waals surface area contributed by atoms with Crippen LogP contribution in [0.25, 0.3) is 11.3 Å². The largest absolute Gasteiger partial charge is 0.492 e. The Bertz CT molecular complexity index is 1030. The number of amides is 1. The van der Waals surface area contributed by atoms with Crippen LogP contribution in [-0.4, -0.2) is 22.7 Å². The van der Waals surface area contributed by atoms with Gasteiger partial charge in [0.25, 0.3) is 5.56 Å². The lowest BCUT2D eigenvalue weighted by atomic mass is 10.1. The zero-order chi connectivity index (χ0) is 20.6. The normalized spacial score (nSPS) is 10.6. The Balaban J connectivity index is 1.49. The zero-order valence-electron chi connectivity index (χ0n) is 16.1. The molecule has 1 amide bonds. The van der Waals surface area contributed by atoms with Crippen LogP contribution < -0.4 is 15.6 Å². The number of carbonyl (C=O) groups excluding carboxylic acids is 1. The molecule has 0 saturated heterocycles. The Morgan fingerprint density at radius 3 is 2.76 bits per heavy atom. The van der Waals surface area contributed by atoms with Gasteiger partial charge in [-0.2, -0.15) is 5.10 Å². The van der Waals surface area contributed by atoms with E-state index in [1.54, 1.807) is 6.07 Å². The summed E-state index contributed by atoms with van der Waals surface area (Å²) in [5.41, 5.74) is 3.10. The Labute approximate surface area is 177 Å². The van der Waals surface area contributed by atoms with Crippen LogP contribution in [0, 0.1) is 0 Å². The molecule has 0 aliphatic heterocycles. The number of hydrogen-bond donors (Lipinski definition) is 2. The van der Waals surface area contributed by atoms with Gasteiger partial charge in [0.1, 0.15) is 5.75 Å². The average molecular weight is 456 g/mol. The number of aromatic nitrogens is 2. The molecule has 0 fully saturated rings. The van der Waals surface area contributed by atoms with Crippen molar-refractivity contribution in [3.05, 3.63) is 75.0 Å². The lowest BCUT2D eigenvalue weighted by Crippen LogP contribution is -2.13. The highest BCUT2D eigenvalue weighted by atomic mass is 79.9. The fourth-order valence-corrected chi connectivity index (χ4v) is 3.32. The SMILES string of the molecule is CCc1ccc(OCCCC(=O)Nc2cccc(-c3ccc(=O)[nH]n3)c2)c(Br)c1. The van der Waals surface area contributed by atoms with Gasteiger partial charge in [0, 0.05) is 23.7 Å². The van der Waals surface area contributed by atoms with Gasteiger partial charge in [-0.15, -0.1) is 0 Å². The number of rotatable bonds is 8. The van der Waals surface area contributed by atoms with E-state index in [-0.39, 0.29) is 11.5 Å². The van der Waals surface area contributed by atoms with Crippen LogP contribution in [0.2, 0.25) is 0 Å². The fraction of sp³-hybridized carbons (Fsp3) is 0.227. The number of benzene rings is 2. The second kappa shape index (κ2) is 10.0. The van der Waals surface area contributed by atoms with Crippen molar-refractivity contribution in [2.24, 2.45) is 0 Å². The molecule has 0 saturated carbocycles.